The fraction of sp³-hybridized carbons (Fsp3) is 0.0909. The number of Topliss-reactive ketones (excluding diaryl/α,β-unsaturated/α-hetero) is 1. The molecule has 7 heteroatoms. The summed E-state index contributed by atoms with van der Waals surface area (Å²) in [4.78, 5) is 27.3. The number of methoxy groups -OCH3 is 1. The largest absolute Gasteiger partial charge is 0.506 e. The smallest absolute Gasteiger partial charge is 0.294 e. The topological polar surface area (TPSA) is 100 Å². The molecule has 29 heavy (non-hydrogen) atoms. The highest BCUT2D eigenvalue weighted by atomic mass is 16.5. The third-order valence-electron chi connectivity index (χ3n) is 4.77. The quantitative estimate of drug-likeness (QED) is 0.642. The molecule has 146 valence electrons. The molecule has 0 bridgehead atoms. The normalized spacial score (nSPS) is 16.4. The molecule has 0 aliphatic carbocycles. The molecule has 2 heterocycles. The number of aliphatic hydroxyl groups is 1. The van der Waals surface area contributed by atoms with Crippen LogP contribution in [0.3, 0.4) is 0 Å². The molecule has 0 saturated carbocycles. The summed E-state index contributed by atoms with van der Waals surface area (Å²) >= 11 is 0. The van der Waals surface area contributed by atoms with E-state index in [9.17, 15) is 19.8 Å². The molecule has 7 nitrogen and oxygen atoms in total. The first-order valence-corrected chi connectivity index (χ1v) is 8.80. The maximum atomic E-state index is 13.1. The maximum Gasteiger partial charge on any atom is 0.294 e. The van der Waals surface area contributed by atoms with Gasteiger partial charge in [-0.3, -0.25) is 14.5 Å². The van der Waals surface area contributed by atoms with Crippen LogP contribution in [0.25, 0.3) is 0 Å². The fourth-order valence-electron chi connectivity index (χ4n) is 3.48. The summed E-state index contributed by atoms with van der Waals surface area (Å²) in [5, 5.41) is 21.0. The highest BCUT2D eigenvalue weighted by Crippen LogP contribution is 2.46. The SMILES string of the molecule is COc1ccccc1C1C(C(=O)c2ccco2)=C(O)C(=O)N1c1ccccc1O. The number of nitrogens with zero attached hydrogens (tertiary/aromatic N) is 1. The zero-order chi connectivity index (χ0) is 20.5. The molecular formula is C22H17NO6. The Balaban J connectivity index is 1.95. The van der Waals surface area contributed by atoms with Crippen LogP contribution in [0.2, 0.25) is 0 Å². The van der Waals surface area contributed by atoms with Crippen molar-refractivity contribution in [2.75, 3.05) is 12.0 Å². The van der Waals surface area contributed by atoms with Gasteiger partial charge in [0.05, 0.1) is 30.7 Å². The molecule has 1 amide bonds. The van der Waals surface area contributed by atoms with Crippen LogP contribution < -0.4 is 9.64 Å². The Morgan fingerprint density at radius 1 is 1.03 bits per heavy atom. The summed E-state index contributed by atoms with van der Waals surface area (Å²) in [6.45, 7) is 0. The molecule has 0 saturated heterocycles. The predicted molar refractivity (Wildman–Crippen MR) is 104 cm³/mol. The van der Waals surface area contributed by atoms with Gasteiger partial charge in [-0.05, 0) is 30.3 Å². The molecule has 0 spiro atoms. The van der Waals surface area contributed by atoms with Crippen LogP contribution in [-0.2, 0) is 4.79 Å². The molecule has 0 radical (unpaired) electrons. The molecular weight excluding hydrogens is 374 g/mol. The maximum absolute atomic E-state index is 13.1. The van der Waals surface area contributed by atoms with Gasteiger partial charge in [-0.25, -0.2) is 0 Å². The number of carbonyl (C=O) groups is 2. The van der Waals surface area contributed by atoms with Crippen LogP contribution in [0, 0.1) is 0 Å². The van der Waals surface area contributed by atoms with Gasteiger partial charge in [0.1, 0.15) is 11.5 Å². The lowest BCUT2D eigenvalue weighted by Crippen LogP contribution is -2.31. The Morgan fingerprint density at radius 3 is 2.45 bits per heavy atom. The summed E-state index contributed by atoms with van der Waals surface area (Å²) < 4.78 is 10.6. The number of ketones is 1. The Bertz CT molecular complexity index is 1120. The summed E-state index contributed by atoms with van der Waals surface area (Å²) in [7, 11) is 1.47. The third-order valence-corrected chi connectivity index (χ3v) is 4.77. The number of phenols is 1. The average Bonchev–Trinajstić information content (AvgIpc) is 3.36. The van der Waals surface area contributed by atoms with E-state index in [1.54, 1.807) is 42.5 Å². The number of carbonyl (C=O) groups excluding carboxylic acids is 2. The molecule has 2 aromatic carbocycles. The highest BCUT2D eigenvalue weighted by Gasteiger charge is 2.46. The first kappa shape index (κ1) is 18.4. The van der Waals surface area contributed by atoms with Crippen molar-refractivity contribution < 1.29 is 29.0 Å². The van der Waals surface area contributed by atoms with Crippen LogP contribution in [-0.4, -0.2) is 29.0 Å². The van der Waals surface area contributed by atoms with Crippen LogP contribution in [0.15, 0.2) is 82.7 Å². The van der Waals surface area contributed by atoms with Crippen molar-refractivity contribution >= 4 is 17.4 Å². The van der Waals surface area contributed by atoms with Gasteiger partial charge in [0.25, 0.3) is 5.91 Å². The first-order valence-electron chi connectivity index (χ1n) is 8.80. The van der Waals surface area contributed by atoms with Crippen molar-refractivity contribution in [1.29, 1.82) is 0 Å². The summed E-state index contributed by atoms with van der Waals surface area (Å²) in [6.07, 6.45) is 1.33. The zero-order valence-electron chi connectivity index (χ0n) is 15.4. The fourth-order valence-corrected chi connectivity index (χ4v) is 3.48. The zero-order valence-corrected chi connectivity index (χ0v) is 15.4. The number of hydrogen-bond donors (Lipinski definition) is 2. The number of hydrogen-bond acceptors (Lipinski definition) is 6. The minimum Gasteiger partial charge on any atom is -0.506 e. The number of para-hydroxylation sites is 3. The minimum absolute atomic E-state index is 0.0154. The minimum atomic E-state index is -1.02. The van der Waals surface area contributed by atoms with E-state index < -0.39 is 23.5 Å². The number of anilines is 1. The number of aromatic hydroxyl groups is 1. The van der Waals surface area contributed by atoms with Gasteiger partial charge in [-0.2, -0.15) is 0 Å². The van der Waals surface area contributed by atoms with Crippen LogP contribution in [0.5, 0.6) is 11.5 Å². The van der Waals surface area contributed by atoms with Gasteiger partial charge in [-0.15, -0.1) is 0 Å². The van der Waals surface area contributed by atoms with E-state index in [1.807, 2.05) is 0 Å². The second-order valence-corrected chi connectivity index (χ2v) is 6.38. The van der Waals surface area contributed by atoms with E-state index in [-0.39, 0.29) is 22.8 Å². The number of amides is 1. The van der Waals surface area contributed by atoms with Crippen LogP contribution in [0.4, 0.5) is 5.69 Å². The van der Waals surface area contributed by atoms with Crippen LogP contribution >= 0.6 is 0 Å². The summed E-state index contributed by atoms with van der Waals surface area (Å²) in [6, 6.07) is 15.0. The number of furan rings is 1. The molecule has 4 rings (SSSR count). The number of phenolic OH excluding ortho intramolecular Hbond substituents is 1. The molecule has 2 N–H and O–H groups in total. The van der Waals surface area contributed by atoms with Crippen molar-refractivity contribution in [2.24, 2.45) is 0 Å². The Hall–Kier alpha value is -4.00. The number of ether oxygens (including phenoxy) is 1. The molecule has 3 aromatic rings. The van der Waals surface area contributed by atoms with Crippen molar-refractivity contribution in [2.45, 2.75) is 6.04 Å². The molecule has 1 unspecified atom stereocenters. The molecule has 1 aliphatic heterocycles. The monoisotopic (exact) mass is 391 g/mol. The van der Waals surface area contributed by atoms with Gasteiger partial charge in [0.2, 0.25) is 5.78 Å². The van der Waals surface area contributed by atoms with Gasteiger partial charge >= 0.3 is 0 Å². The van der Waals surface area contributed by atoms with Crippen molar-refractivity contribution in [3.8, 4) is 11.5 Å². The van der Waals surface area contributed by atoms with E-state index in [2.05, 4.69) is 0 Å². The standard InChI is InChI=1S/C22H17NO6/c1-28-16-10-5-2-7-13(16)19-18(20(25)17-11-6-12-29-17)21(26)22(27)23(19)14-8-3-4-9-15(14)24/h2-12,19,24,26H,1H3. The molecule has 1 aromatic heterocycles. The van der Waals surface area contributed by atoms with E-state index >= 15 is 0 Å². The molecule has 1 atom stereocenters. The van der Waals surface area contributed by atoms with E-state index in [1.165, 1.54) is 36.5 Å². The summed E-state index contributed by atoms with van der Waals surface area (Å²) in [5.41, 5.74) is 0.477. The second-order valence-electron chi connectivity index (χ2n) is 6.38. The molecule has 1 aliphatic rings. The van der Waals surface area contributed by atoms with Gasteiger partial charge in [-0.1, -0.05) is 30.3 Å². The van der Waals surface area contributed by atoms with E-state index in [4.69, 9.17) is 9.15 Å². The average molecular weight is 391 g/mol. The van der Waals surface area contributed by atoms with E-state index in [0.717, 1.165) is 0 Å². The van der Waals surface area contributed by atoms with Gasteiger partial charge in [0, 0.05) is 5.56 Å². The number of benzene rings is 2. The van der Waals surface area contributed by atoms with Crippen molar-refractivity contribution in [3.05, 3.63) is 89.6 Å². The van der Waals surface area contributed by atoms with Crippen molar-refractivity contribution in [3.63, 3.8) is 0 Å². The predicted octanol–water partition coefficient (Wildman–Crippen LogP) is 3.78. The van der Waals surface area contributed by atoms with Crippen LogP contribution in [0.1, 0.15) is 22.2 Å². The molecule has 0 fully saturated rings. The first-order chi connectivity index (χ1) is 14.0. The van der Waals surface area contributed by atoms with E-state index in [0.29, 0.717) is 11.3 Å². The van der Waals surface area contributed by atoms with Crippen molar-refractivity contribution in [1.82, 2.24) is 0 Å². The summed E-state index contributed by atoms with van der Waals surface area (Å²) in [5.74, 6) is -1.90. The lowest BCUT2D eigenvalue weighted by molar-refractivity contribution is -0.117. The third kappa shape index (κ3) is 2.93. The lowest BCUT2D eigenvalue weighted by Gasteiger charge is -2.28. The Labute approximate surface area is 166 Å². The number of aliphatic hydroxyl groups excluding tert-OH is 1. The number of rotatable bonds is 5. The lowest BCUT2D eigenvalue weighted by atomic mass is 9.94. The van der Waals surface area contributed by atoms with Gasteiger partial charge < -0.3 is 19.4 Å². The Morgan fingerprint density at radius 2 is 1.76 bits per heavy atom. The highest BCUT2D eigenvalue weighted by molar-refractivity contribution is 6.20. The second kappa shape index (κ2) is 7.20. The Kier molecular flexibility index (Phi) is 4.56. The van der Waals surface area contributed by atoms with Gasteiger partial charge in [0.15, 0.2) is 11.5 Å².